The second kappa shape index (κ2) is 8.53. The fourth-order valence-electron chi connectivity index (χ4n) is 1.58. The Morgan fingerprint density at radius 3 is 2.89 bits per heavy atom. The lowest BCUT2D eigenvalue weighted by Gasteiger charge is -2.08. The molecule has 4 heteroatoms. The van der Waals surface area contributed by atoms with Crippen molar-refractivity contribution in [3.8, 4) is 5.75 Å². The van der Waals surface area contributed by atoms with Crippen molar-refractivity contribution >= 4 is 5.91 Å². The van der Waals surface area contributed by atoms with Gasteiger partial charge in [0.1, 0.15) is 12.4 Å². The van der Waals surface area contributed by atoms with E-state index < -0.39 is 0 Å². The number of amides is 1. The van der Waals surface area contributed by atoms with Gasteiger partial charge in [-0.05, 0) is 44.6 Å². The zero-order valence-corrected chi connectivity index (χ0v) is 11.2. The molecule has 1 aromatic carbocycles. The van der Waals surface area contributed by atoms with E-state index in [9.17, 15) is 4.79 Å². The van der Waals surface area contributed by atoms with Gasteiger partial charge in [-0.3, -0.25) is 4.79 Å². The number of hydrogen-bond acceptors (Lipinski definition) is 3. The van der Waals surface area contributed by atoms with E-state index in [0.717, 1.165) is 18.7 Å². The minimum atomic E-state index is 0.0816. The number of nitrogens with one attached hydrogen (secondary N) is 2. The van der Waals surface area contributed by atoms with E-state index in [0.29, 0.717) is 19.6 Å². The lowest BCUT2D eigenvalue weighted by molar-refractivity contribution is -0.121. The van der Waals surface area contributed by atoms with Gasteiger partial charge in [0.25, 0.3) is 0 Å². The summed E-state index contributed by atoms with van der Waals surface area (Å²) in [5.41, 5.74) is 1.17. The Balaban J connectivity index is 2.09. The van der Waals surface area contributed by atoms with Crippen molar-refractivity contribution in [1.82, 2.24) is 10.6 Å². The second-order valence-electron chi connectivity index (χ2n) is 4.22. The lowest BCUT2D eigenvalue weighted by atomic mass is 10.2. The Labute approximate surface area is 109 Å². The molecule has 0 saturated carbocycles. The third kappa shape index (κ3) is 6.25. The van der Waals surface area contributed by atoms with E-state index in [4.69, 9.17) is 4.74 Å². The van der Waals surface area contributed by atoms with Crippen LogP contribution in [0.2, 0.25) is 0 Å². The topological polar surface area (TPSA) is 50.4 Å². The predicted molar refractivity (Wildman–Crippen MR) is 72.8 cm³/mol. The lowest BCUT2D eigenvalue weighted by Crippen LogP contribution is -2.28. The maximum atomic E-state index is 11.4. The van der Waals surface area contributed by atoms with Crippen LogP contribution in [-0.4, -0.2) is 32.7 Å². The number of carbonyl (C=O) groups excluding carboxylic acids is 1. The zero-order valence-electron chi connectivity index (χ0n) is 11.2. The molecular weight excluding hydrogens is 228 g/mol. The van der Waals surface area contributed by atoms with Gasteiger partial charge in [0, 0.05) is 6.42 Å². The van der Waals surface area contributed by atoms with Gasteiger partial charge in [-0.2, -0.15) is 0 Å². The largest absolute Gasteiger partial charge is 0.492 e. The molecule has 0 unspecified atom stereocenters. The van der Waals surface area contributed by atoms with Gasteiger partial charge in [0.05, 0.1) is 6.54 Å². The standard InChI is InChI=1S/C14H22N2O2/c1-12-5-3-6-13(11-12)18-10-9-16-14(17)7-4-8-15-2/h3,5-6,11,15H,4,7-10H2,1-2H3,(H,16,17). The van der Waals surface area contributed by atoms with Crippen LogP contribution in [0.5, 0.6) is 5.75 Å². The van der Waals surface area contributed by atoms with Crippen LogP contribution in [0.4, 0.5) is 0 Å². The quantitative estimate of drug-likeness (QED) is 0.687. The van der Waals surface area contributed by atoms with Crippen LogP contribution in [0.15, 0.2) is 24.3 Å². The van der Waals surface area contributed by atoms with E-state index >= 15 is 0 Å². The molecule has 0 fully saturated rings. The van der Waals surface area contributed by atoms with E-state index in [1.54, 1.807) is 0 Å². The minimum absolute atomic E-state index is 0.0816. The number of ether oxygens (including phenoxy) is 1. The maximum absolute atomic E-state index is 11.4. The molecule has 1 aromatic rings. The van der Waals surface area contributed by atoms with Gasteiger partial charge in [-0.15, -0.1) is 0 Å². The molecule has 0 heterocycles. The fourth-order valence-corrected chi connectivity index (χ4v) is 1.58. The average Bonchev–Trinajstić information content (AvgIpc) is 2.35. The molecule has 0 spiro atoms. The van der Waals surface area contributed by atoms with E-state index in [1.807, 2.05) is 38.2 Å². The summed E-state index contributed by atoms with van der Waals surface area (Å²) in [5, 5.41) is 5.85. The average molecular weight is 250 g/mol. The van der Waals surface area contributed by atoms with Crippen molar-refractivity contribution in [3.63, 3.8) is 0 Å². The number of hydrogen-bond donors (Lipinski definition) is 2. The first-order chi connectivity index (χ1) is 8.72. The predicted octanol–water partition coefficient (Wildman–Crippen LogP) is 1.49. The first-order valence-electron chi connectivity index (χ1n) is 6.33. The Bertz CT molecular complexity index is 367. The van der Waals surface area contributed by atoms with Crippen LogP contribution in [-0.2, 0) is 4.79 Å². The van der Waals surface area contributed by atoms with Crippen LogP contribution in [0.25, 0.3) is 0 Å². The molecule has 4 nitrogen and oxygen atoms in total. The molecule has 18 heavy (non-hydrogen) atoms. The second-order valence-corrected chi connectivity index (χ2v) is 4.22. The molecule has 0 aliphatic rings. The molecular formula is C14H22N2O2. The van der Waals surface area contributed by atoms with Crippen molar-refractivity contribution in [2.75, 3.05) is 26.7 Å². The van der Waals surface area contributed by atoms with Gasteiger partial charge in [-0.1, -0.05) is 12.1 Å². The molecule has 1 amide bonds. The molecule has 0 saturated heterocycles. The SMILES string of the molecule is CNCCCC(=O)NCCOc1cccc(C)c1. The highest BCUT2D eigenvalue weighted by atomic mass is 16.5. The van der Waals surface area contributed by atoms with Crippen LogP contribution >= 0.6 is 0 Å². The number of benzene rings is 1. The molecule has 0 aromatic heterocycles. The molecule has 0 aliphatic heterocycles. The molecule has 0 aliphatic carbocycles. The summed E-state index contributed by atoms with van der Waals surface area (Å²) in [7, 11) is 1.88. The summed E-state index contributed by atoms with van der Waals surface area (Å²) >= 11 is 0. The third-order valence-corrected chi connectivity index (χ3v) is 2.51. The first kappa shape index (κ1) is 14.5. The highest BCUT2D eigenvalue weighted by Crippen LogP contribution is 2.11. The van der Waals surface area contributed by atoms with Crippen LogP contribution in [0.1, 0.15) is 18.4 Å². The van der Waals surface area contributed by atoms with Crippen LogP contribution in [0.3, 0.4) is 0 Å². The molecule has 100 valence electrons. The molecule has 0 radical (unpaired) electrons. The summed E-state index contributed by atoms with van der Waals surface area (Å²) in [4.78, 5) is 11.4. The van der Waals surface area contributed by atoms with Crippen molar-refractivity contribution < 1.29 is 9.53 Å². The van der Waals surface area contributed by atoms with E-state index in [-0.39, 0.29) is 5.91 Å². The summed E-state index contributed by atoms with van der Waals surface area (Å²) in [6, 6.07) is 7.88. The van der Waals surface area contributed by atoms with Crippen LogP contribution in [0, 0.1) is 6.92 Å². The van der Waals surface area contributed by atoms with Crippen molar-refractivity contribution in [1.29, 1.82) is 0 Å². The first-order valence-corrected chi connectivity index (χ1v) is 6.33. The monoisotopic (exact) mass is 250 g/mol. The number of carbonyl (C=O) groups is 1. The van der Waals surface area contributed by atoms with Crippen LogP contribution < -0.4 is 15.4 Å². The Morgan fingerprint density at radius 2 is 2.17 bits per heavy atom. The van der Waals surface area contributed by atoms with Gasteiger partial charge < -0.3 is 15.4 Å². The van der Waals surface area contributed by atoms with Crippen molar-refractivity contribution in [3.05, 3.63) is 29.8 Å². The summed E-state index contributed by atoms with van der Waals surface area (Å²) in [6.07, 6.45) is 1.42. The maximum Gasteiger partial charge on any atom is 0.220 e. The highest BCUT2D eigenvalue weighted by molar-refractivity contribution is 5.75. The molecule has 0 atom stereocenters. The van der Waals surface area contributed by atoms with Crippen molar-refractivity contribution in [2.24, 2.45) is 0 Å². The minimum Gasteiger partial charge on any atom is -0.492 e. The highest BCUT2D eigenvalue weighted by Gasteiger charge is 2.00. The van der Waals surface area contributed by atoms with Gasteiger partial charge in [0.2, 0.25) is 5.91 Å². The van der Waals surface area contributed by atoms with E-state index in [1.165, 1.54) is 5.56 Å². The smallest absolute Gasteiger partial charge is 0.220 e. The summed E-state index contributed by atoms with van der Waals surface area (Å²) < 4.78 is 5.54. The Kier molecular flexibility index (Phi) is 6.87. The van der Waals surface area contributed by atoms with Gasteiger partial charge >= 0.3 is 0 Å². The number of rotatable bonds is 8. The summed E-state index contributed by atoms with van der Waals surface area (Å²) in [5.74, 6) is 0.928. The Hall–Kier alpha value is -1.55. The Morgan fingerprint density at radius 1 is 1.33 bits per heavy atom. The normalized spacial score (nSPS) is 10.1. The number of aryl methyl sites for hydroxylation is 1. The van der Waals surface area contributed by atoms with E-state index in [2.05, 4.69) is 10.6 Å². The molecule has 2 N–H and O–H groups in total. The van der Waals surface area contributed by atoms with Gasteiger partial charge in [-0.25, -0.2) is 0 Å². The summed E-state index contributed by atoms with van der Waals surface area (Å²) in [6.45, 7) is 3.94. The molecule has 1 rings (SSSR count). The van der Waals surface area contributed by atoms with Gasteiger partial charge in [0.15, 0.2) is 0 Å². The third-order valence-electron chi connectivity index (χ3n) is 2.51. The zero-order chi connectivity index (χ0) is 13.2. The fraction of sp³-hybridized carbons (Fsp3) is 0.500. The van der Waals surface area contributed by atoms with Crippen molar-refractivity contribution in [2.45, 2.75) is 19.8 Å². The molecule has 0 bridgehead atoms.